The molecule has 0 spiro atoms. The van der Waals surface area contributed by atoms with Crippen LogP contribution in [-0.4, -0.2) is 37.3 Å². The average molecular weight is 245 g/mol. The molecule has 0 bridgehead atoms. The molecule has 2 N–H and O–H groups in total. The molecule has 98 valence electrons. The van der Waals surface area contributed by atoms with Crippen molar-refractivity contribution in [3.63, 3.8) is 0 Å². The van der Waals surface area contributed by atoms with E-state index in [0.29, 0.717) is 6.04 Å². The lowest BCUT2D eigenvalue weighted by Gasteiger charge is -2.30. The number of aryl methyl sites for hydroxylation is 1. The SMILES string of the molecule is CCc1ccc(C=N)c(NC2CCN(C)CC2)c1. The molecular weight excluding hydrogens is 222 g/mol. The molecule has 1 aliphatic rings. The summed E-state index contributed by atoms with van der Waals surface area (Å²) in [5, 5.41) is 11.1. The molecule has 2 rings (SSSR count). The van der Waals surface area contributed by atoms with Crippen molar-refractivity contribution in [2.75, 3.05) is 25.5 Å². The van der Waals surface area contributed by atoms with Crippen LogP contribution in [0.2, 0.25) is 0 Å². The second-order valence-corrected chi connectivity index (χ2v) is 5.14. The minimum atomic E-state index is 0.548. The highest BCUT2D eigenvalue weighted by Crippen LogP contribution is 2.21. The van der Waals surface area contributed by atoms with Crippen molar-refractivity contribution in [1.29, 1.82) is 5.41 Å². The third kappa shape index (κ3) is 3.10. The van der Waals surface area contributed by atoms with E-state index in [0.717, 1.165) is 30.8 Å². The molecule has 0 atom stereocenters. The number of anilines is 1. The van der Waals surface area contributed by atoms with Gasteiger partial charge in [-0.15, -0.1) is 0 Å². The van der Waals surface area contributed by atoms with E-state index in [1.165, 1.54) is 24.6 Å². The Bertz CT molecular complexity index is 406. The lowest BCUT2D eigenvalue weighted by molar-refractivity contribution is 0.264. The second kappa shape index (κ2) is 6.01. The van der Waals surface area contributed by atoms with E-state index >= 15 is 0 Å². The van der Waals surface area contributed by atoms with Gasteiger partial charge < -0.3 is 15.6 Å². The highest BCUT2D eigenvalue weighted by Gasteiger charge is 2.17. The number of hydrogen-bond donors (Lipinski definition) is 2. The van der Waals surface area contributed by atoms with Gasteiger partial charge in [0.05, 0.1) is 0 Å². The van der Waals surface area contributed by atoms with Gasteiger partial charge in [-0.1, -0.05) is 19.1 Å². The van der Waals surface area contributed by atoms with Crippen molar-refractivity contribution >= 4 is 11.9 Å². The normalized spacial score (nSPS) is 17.7. The summed E-state index contributed by atoms with van der Waals surface area (Å²) >= 11 is 0. The molecule has 0 unspecified atom stereocenters. The Labute approximate surface area is 110 Å². The topological polar surface area (TPSA) is 39.1 Å². The molecule has 1 heterocycles. The zero-order chi connectivity index (χ0) is 13.0. The van der Waals surface area contributed by atoms with E-state index in [-0.39, 0.29) is 0 Å². The predicted molar refractivity (Wildman–Crippen MR) is 77.8 cm³/mol. The summed E-state index contributed by atoms with van der Waals surface area (Å²) in [6.07, 6.45) is 4.85. The Hall–Kier alpha value is -1.35. The summed E-state index contributed by atoms with van der Waals surface area (Å²) in [6.45, 7) is 4.48. The molecule has 0 radical (unpaired) electrons. The van der Waals surface area contributed by atoms with Gasteiger partial charge in [0.25, 0.3) is 0 Å². The van der Waals surface area contributed by atoms with E-state index < -0.39 is 0 Å². The Morgan fingerprint density at radius 2 is 2.11 bits per heavy atom. The molecular formula is C15H23N3. The fourth-order valence-corrected chi connectivity index (χ4v) is 2.45. The first-order valence-corrected chi connectivity index (χ1v) is 6.81. The number of hydrogen-bond acceptors (Lipinski definition) is 3. The third-order valence-electron chi connectivity index (χ3n) is 3.76. The van der Waals surface area contributed by atoms with Crippen LogP contribution >= 0.6 is 0 Å². The maximum atomic E-state index is 7.49. The fraction of sp³-hybridized carbons (Fsp3) is 0.533. The van der Waals surface area contributed by atoms with Crippen LogP contribution in [0.5, 0.6) is 0 Å². The Balaban J connectivity index is 2.09. The maximum Gasteiger partial charge on any atom is 0.0434 e. The van der Waals surface area contributed by atoms with Gasteiger partial charge in [-0.05, 0) is 51.0 Å². The number of benzene rings is 1. The van der Waals surface area contributed by atoms with Crippen LogP contribution in [0.4, 0.5) is 5.69 Å². The highest BCUT2D eigenvalue weighted by atomic mass is 15.1. The van der Waals surface area contributed by atoms with E-state index in [1.54, 1.807) is 0 Å². The Morgan fingerprint density at radius 1 is 1.39 bits per heavy atom. The standard InChI is InChI=1S/C15H23N3/c1-3-12-4-5-13(11-16)15(10-12)17-14-6-8-18(2)9-7-14/h4-5,10-11,14,16-17H,3,6-9H2,1-2H3. The minimum absolute atomic E-state index is 0.548. The smallest absolute Gasteiger partial charge is 0.0434 e. The first kappa shape index (κ1) is 13.1. The molecule has 0 amide bonds. The molecule has 0 saturated carbocycles. The van der Waals surface area contributed by atoms with Crippen LogP contribution in [0.25, 0.3) is 0 Å². The summed E-state index contributed by atoms with van der Waals surface area (Å²) in [5.41, 5.74) is 3.45. The Kier molecular flexibility index (Phi) is 4.37. The molecule has 3 nitrogen and oxygen atoms in total. The Morgan fingerprint density at radius 3 is 2.72 bits per heavy atom. The molecule has 0 aromatic heterocycles. The van der Waals surface area contributed by atoms with Gasteiger partial charge in [0.15, 0.2) is 0 Å². The molecule has 1 aromatic carbocycles. The first-order chi connectivity index (χ1) is 8.72. The first-order valence-electron chi connectivity index (χ1n) is 6.81. The van der Waals surface area contributed by atoms with Crippen molar-refractivity contribution in [2.45, 2.75) is 32.2 Å². The van der Waals surface area contributed by atoms with E-state index in [9.17, 15) is 0 Å². The summed E-state index contributed by atoms with van der Waals surface area (Å²) in [5.74, 6) is 0. The van der Waals surface area contributed by atoms with Crippen LogP contribution in [-0.2, 0) is 6.42 Å². The quantitative estimate of drug-likeness (QED) is 0.801. The number of rotatable bonds is 4. The van der Waals surface area contributed by atoms with Gasteiger partial charge in [-0.2, -0.15) is 0 Å². The van der Waals surface area contributed by atoms with Crippen molar-refractivity contribution in [2.24, 2.45) is 0 Å². The second-order valence-electron chi connectivity index (χ2n) is 5.14. The van der Waals surface area contributed by atoms with Crippen molar-refractivity contribution in [3.05, 3.63) is 29.3 Å². The number of piperidine rings is 1. The lowest BCUT2D eigenvalue weighted by Crippen LogP contribution is -2.36. The summed E-state index contributed by atoms with van der Waals surface area (Å²) in [4.78, 5) is 2.37. The van der Waals surface area contributed by atoms with Gasteiger partial charge in [0.1, 0.15) is 0 Å². The zero-order valence-electron chi connectivity index (χ0n) is 11.4. The van der Waals surface area contributed by atoms with Crippen LogP contribution in [0.3, 0.4) is 0 Å². The van der Waals surface area contributed by atoms with Gasteiger partial charge in [-0.25, -0.2) is 0 Å². The molecule has 1 aromatic rings. The van der Waals surface area contributed by atoms with Crippen molar-refractivity contribution in [3.8, 4) is 0 Å². The third-order valence-corrected chi connectivity index (χ3v) is 3.76. The fourth-order valence-electron chi connectivity index (χ4n) is 2.45. The summed E-state index contributed by atoms with van der Waals surface area (Å²) in [7, 11) is 2.18. The maximum absolute atomic E-state index is 7.49. The lowest BCUT2D eigenvalue weighted by atomic mass is 10.0. The molecule has 1 aliphatic heterocycles. The number of likely N-dealkylation sites (tertiary alicyclic amines) is 1. The molecule has 1 saturated heterocycles. The van der Waals surface area contributed by atoms with Crippen molar-refractivity contribution < 1.29 is 0 Å². The minimum Gasteiger partial charge on any atom is -0.382 e. The number of nitrogens with zero attached hydrogens (tertiary/aromatic N) is 1. The van der Waals surface area contributed by atoms with Crippen molar-refractivity contribution in [1.82, 2.24) is 4.90 Å². The predicted octanol–water partition coefficient (Wildman–Crippen LogP) is 2.75. The van der Waals surface area contributed by atoms with E-state index in [4.69, 9.17) is 5.41 Å². The average Bonchev–Trinajstić information content (AvgIpc) is 2.41. The van der Waals surface area contributed by atoms with Gasteiger partial charge in [-0.3, -0.25) is 0 Å². The van der Waals surface area contributed by atoms with Crippen LogP contribution < -0.4 is 5.32 Å². The van der Waals surface area contributed by atoms with Crippen LogP contribution in [0.1, 0.15) is 30.9 Å². The molecule has 18 heavy (non-hydrogen) atoms. The monoisotopic (exact) mass is 245 g/mol. The van der Waals surface area contributed by atoms with Crippen LogP contribution in [0.15, 0.2) is 18.2 Å². The largest absolute Gasteiger partial charge is 0.382 e. The highest BCUT2D eigenvalue weighted by molar-refractivity contribution is 5.86. The molecule has 1 fully saturated rings. The number of nitrogens with one attached hydrogen (secondary N) is 2. The van der Waals surface area contributed by atoms with Crippen LogP contribution in [0, 0.1) is 5.41 Å². The summed E-state index contributed by atoms with van der Waals surface area (Å²) < 4.78 is 0. The van der Waals surface area contributed by atoms with E-state index in [2.05, 4.69) is 36.3 Å². The molecule has 0 aliphatic carbocycles. The van der Waals surface area contributed by atoms with Gasteiger partial charge >= 0.3 is 0 Å². The zero-order valence-corrected chi connectivity index (χ0v) is 11.4. The van der Waals surface area contributed by atoms with Gasteiger partial charge in [0.2, 0.25) is 0 Å². The summed E-state index contributed by atoms with van der Waals surface area (Å²) in [6, 6.07) is 6.90. The van der Waals surface area contributed by atoms with Gasteiger partial charge in [0, 0.05) is 23.5 Å². The van der Waals surface area contributed by atoms with E-state index in [1.807, 2.05) is 6.07 Å². The molecule has 3 heteroatoms.